The minimum absolute atomic E-state index is 0.0656. The van der Waals surface area contributed by atoms with Gasteiger partial charge < -0.3 is 10.8 Å². The van der Waals surface area contributed by atoms with E-state index in [9.17, 15) is 9.50 Å². The summed E-state index contributed by atoms with van der Waals surface area (Å²) in [4.78, 5) is 0. The van der Waals surface area contributed by atoms with E-state index in [-0.39, 0.29) is 17.6 Å². The van der Waals surface area contributed by atoms with Crippen molar-refractivity contribution < 1.29 is 9.50 Å². The number of nitrogens with two attached hydrogens (primary N) is 1. The second kappa shape index (κ2) is 4.10. The average Bonchev–Trinajstić information content (AvgIpc) is 2.08. The van der Waals surface area contributed by atoms with E-state index in [2.05, 4.69) is 15.9 Å². The normalized spacial score (nSPS) is 18.6. The number of hydrogen-bond donors (Lipinski definition) is 2. The zero-order chi connectivity index (χ0) is 11.0. The molecule has 0 aliphatic heterocycles. The van der Waals surface area contributed by atoms with Crippen LogP contribution in [0.1, 0.15) is 30.9 Å². The molecule has 3 N–H and O–H groups in total. The van der Waals surface area contributed by atoms with Crippen LogP contribution in [-0.2, 0) is 0 Å². The van der Waals surface area contributed by atoms with Crippen LogP contribution in [-0.4, -0.2) is 5.11 Å². The summed E-state index contributed by atoms with van der Waals surface area (Å²) >= 11 is 3.11. The smallest absolute Gasteiger partial charge is 0.134 e. The number of rotatable bonds is 2. The van der Waals surface area contributed by atoms with Crippen LogP contribution in [0.3, 0.4) is 0 Å². The molecule has 2 nitrogen and oxygen atoms in total. The maximum atomic E-state index is 13.2. The van der Waals surface area contributed by atoms with E-state index in [0.29, 0.717) is 16.0 Å². The summed E-state index contributed by atoms with van der Waals surface area (Å²) in [7, 11) is 0. The molecule has 0 radical (unpaired) electrons. The summed E-state index contributed by atoms with van der Waals surface area (Å²) < 4.78 is 13.5. The van der Waals surface area contributed by atoms with Gasteiger partial charge in [-0.15, -0.1) is 0 Å². The van der Waals surface area contributed by atoms with E-state index in [4.69, 9.17) is 5.73 Å². The number of hydrogen-bond acceptors (Lipinski definition) is 2. The van der Waals surface area contributed by atoms with Gasteiger partial charge in [-0.05, 0) is 46.8 Å². The summed E-state index contributed by atoms with van der Waals surface area (Å²) in [5.74, 6) is 0.0739. The van der Waals surface area contributed by atoms with Crippen molar-refractivity contribution in [2.75, 3.05) is 0 Å². The van der Waals surface area contributed by atoms with E-state index in [1.54, 1.807) is 0 Å². The Kier molecular flexibility index (Phi) is 2.98. The molecule has 1 aromatic carbocycles. The van der Waals surface area contributed by atoms with Gasteiger partial charge in [-0.2, -0.15) is 0 Å². The second-order valence-electron chi connectivity index (χ2n) is 4.04. The summed E-state index contributed by atoms with van der Waals surface area (Å²) in [5.41, 5.74) is 6.50. The lowest BCUT2D eigenvalue weighted by Crippen LogP contribution is -2.27. The first kappa shape index (κ1) is 10.9. The Labute approximate surface area is 96.4 Å². The second-order valence-corrected chi connectivity index (χ2v) is 4.90. The van der Waals surface area contributed by atoms with Crippen LogP contribution in [0, 0.1) is 11.7 Å². The van der Waals surface area contributed by atoms with Gasteiger partial charge in [0.25, 0.3) is 0 Å². The van der Waals surface area contributed by atoms with Crippen molar-refractivity contribution in [2.24, 2.45) is 11.7 Å². The number of phenolic OH excluding ortho intramolecular Hbond substituents is 1. The predicted octanol–water partition coefficient (Wildman–Crippen LogP) is 3.09. The predicted molar refractivity (Wildman–Crippen MR) is 60.0 cm³/mol. The Morgan fingerprint density at radius 2 is 2.13 bits per heavy atom. The third-order valence-electron chi connectivity index (χ3n) is 3.07. The minimum atomic E-state index is -0.371. The SMILES string of the molecule is N[C@H](c1cc(F)cc(Br)c1O)C1CCC1. The van der Waals surface area contributed by atoms with Gasteiger partial charge in [0.05, 0.1) is 4.47 Å². The summed E-state index contributed by atoms with van der Waals surface area (Å²) in [5, 5.41) is 9.77. The monoisotopic (exact) mass is 273 g/mol. The van der Waals surface area contributed by atoms with E-state index in [0.717, 1.165) is 12.8 Å². The molecular formula is C11H13BrFNO. The van der Waals surface area contributed by atoms with Crippen molar-refractivity contribution in [2.45, 2.75) is 25.3 Å². The molecule has 1 fully saturated rings. The van der Waals surface area contributed by atoms with Crippen molar-refractivity contribution in [3.63, 3.8) is 0 Å². The molecule has 0 bridgehead atoms. The molecule has 15 heavy (non-hydrogen) atoms. The molecule has 0 aromatic heterocycles. The van der Waals surface area contributed by atoms with Gasteiger partial charge in [-0.1, -0.05) is 6.42 Å². The Hall–Kier alpha value is -0.610. The molecule has 0 saturated heterocycles. The van der Waals surface area contributed by atoms with Crippen LogP contribution in [0.5, 0.6) is 5.75 Å². The molecule has 1 aliphatic rings. The lowest BCUT2D eigenvalue weighted by Gasteiger charge is -2.31. The molecule has 0 spiro atoms. The fourth-order valence-corrected chi connectivity index (χ4v) is 2.34. The van der Waals surface area contributed by atoms with Gasteiger partial charge in [0, 0.05) is 11.6 Å². The lowest BCUT2D eigenvalue weighted by atomic mass is 9.77. The third-order valence-corrected chi connectivity index (χ3v) is 3.68. The molecular weight excluding hydrogens is 261 g/mol. The molecule has 0 amide bonds. The highest BCUT2D eigenvalue weighted by atomic mass is 79.9. The fourth-order valence-electron chi connectivity index (χ4n) is 1.89. The summed E-state index contributed by atoms with van der Waals surface area (Å²) in [6, 6.07) is 2.31. The van der Waals surface area contributed by atoms with Crippen molar-refractivity contribution >= 4 is 15.9 Å². The third kappa shape index (κ3) is 2.01. The van der Waals surface area contributed by atoms with Crippen LogP contribution in [0.15, 0.2) is 16.6 Å². The molecule has 2 rings (SSSR count). The van der Waals surface area contributed by atoms with Gasteiger partial charge in [-0.3, -0.25) is 0 Å². The minimum Gasteiger partial charge on any atom is -0.506 e. The topological polar surface area (TPSA) is 46.2 Å². The Morgan fingerprint density at radius 3 is 2.67 bits per heavy atom. The largest absolute Gasteiger partial charge is 0.506 e. The molecule has 1 aromatic rings. The quantitative estimate of drug-likeness (QED) is 0.870. The first-order valence-corrected chi connectivity index (χ1v) is 5.82. The first-order valence-electron chi connectivity index (χ1n) is 5.03. The van der Waals surface area contributed by atoms with Crippen molar-refractivity contribution in [3.8, 4) is 5.75 Å². The zero-order valence-corrected chi connectivity index (χ0v) is 9.80. The summed E-state index contributed by atoms with van der Waals surface area (Å²) in [6.45, 7) is 0. The molecule has 82 valence electrons. The number of benzene rings is 1. The van der Waals surface area contributed by atoms with Crippen molar-refractivity contribution in [3.05, 3.63) is 28.0 Å². The highest BCUT2D eigenvalue weighted by Crippen LogP contribution is 2.41. The van der Waals surface area contributed by atoms with Gasteiger partial charge in [0.2, 0.25) is 0 Å². The standard InChI is InChI=1S/C11H13BrFNO/c12-9-5-7(13)4-8(11(9)15)10(14)6-2-1-3-6/h4-6,10,15H,1-3,14H2/t10-/m0/s1. The van der Waals surface area contributed by atoms with Crippen LogP contribution in [0.2, 0.25) is 0 Å². The average molecular weight is 274 g/mol. The van der Waals surface area contributed by atoms with E-state index >= 15 is 0 Å². The molecule has 1 atom stereocenters. The molecule has 0 heterocycles. The molecule has 1 aliphatic carbocycles. The highest BCUT2D eigenvalue weighted by Gasteiger charge is 2.28. The summed E-state index contributed by atoms with van der Waals surface area (Å²) in [6.07, 6.45) is 3.30. The van der Waals surface area contributed by atoms with E-state index < -0.39 is 0 Å². The van der Waals surface area contributed by atoms with Gasteiger partial charge in [0.15, 0.2) is 0 Å². The lowest BCUT2D eigenvalue weighted by molar-refractivity contribution is 0.260. The van der Waals surface area contributed by atoms with Gasteiger partial charge >= 0.3 is 0 Å². The molecule has 0 unspecified atom stereocenters. The molecule has 1 saturated carbocycles. The molecule has 4 heteroatoms. The maximum absolute atomic E-state index is 13.2. The zero-order valence-electron chi connectivity index (χ0n) is 8.21. The van der Waals surface area contributed by atoms with E-state index in [1.165, 1.54) is 18.6 Å². The number of aromatic hydroxyl groups is 1. The van der Waals surface area contributed by atoms with Crippen LogP contribution in [0.25, 0.3) is 0 Å². The Balaban J connectivity index is 2.33. The fraction of sp³-hybridized carbons (Fsp3) is 0.455. The maximum Gasteiger partial charge on any atom is 0.134 e. The number of halogens is 2. The van der Waals surface area contributed by atoms with Crippen LogP contribution >= 0.6 is 15.9 Å². The van der Waals surface area contributed by atoms with Crippen molar-refractivity contribution in [1.82, 2.24) is 0 Å². The Bertz CT molecular complexity index is 379. The van der Waals surface area contributed by atoms with Gasteiger partial charge in [0.1, 0.15) is 11.6 Å². The highest BCUT2D eigenvalue weighted by molar-refractivity contribution is 9.10. The Morgan fingerprint density at radius 1 is 1.47 bits per heavy atom. The number of phenols is 1. The van der Waals surface area contributed by atoms with E-state index in [1.807, 2.05) is 0 Å². The van der Waals surface area contributed by atoms with Crippen molar-refractivity contribution in [1.29, 1.82) is 0 Å². The van der Waals surface area contributed by atoms with Crippen LogP contribution in [0.4, 0.5) is 4.39 Å². The van der Waals surface area contributed by atoms with Crippen LogP contribution < -0.4 is 5.73 Å². The first-order chi connectivity index (χ1) is 7.09. The van der Waals surface area contributed by atoms with Gasteiger partial charge in [-0.25, -0.2) is 4.39 Å².